The number of amides is 1. The molecule has 0 aliphatic heterocycles. The lowest BCUT2D eigenvalue weighted by Gasteiger charge is -2.20. The van der Waals surface area contributed by atoms with E-state index in [2.05, 4.69) is 11.4 Å². The molecule has 1 aliphatic carbocycles. The summed E-state index contributed by atoms with van der Waals surface area (Å²) in [6.07, 6.45) is 7.68. The van der Waals surface area contributed by atoms with Gasteiger partial charge in [-0.05, 0) is 74.7 Å². The summed E-state index contributed by atoms with van der Waals surface area (Å²) in [6.45, 7) is 2.94. The third-order valence-electron chi connectivity index (χ3n) is 5.10. The van der Waals surface area contributed by atoms with Gasteiger partial charge in [-0.3, -0.25) is 9.10 Å². The number of thiophene rings is 1. The van der Waals surface area contributed by atoms with Crippen LogP contribution in [0.3, 0.4) is 0 Å². The van der Waals surface area contributed by atoms with E-state index in [1.54, 1.807) is 29.6 Å². The Kier molecular flexibility index (Phi) is 7.55. The number of hydrogen-bond acceptors (Lipinski definition) is 5. The highest BCUT2D eigenvalue weighted by Gasteiger charge is 2.28. The van der Waals surface area contributed by atoms with Crippen LogP contribution in [0.2, 0.25) is 0 Å². The minimum absolute atomic E-state index is 0.0262. The van der Waals surface area contributed by atoms with Gasteiger partial charge in [-0.15, -0.1) is 11.3 Å². The quantitative estimate of drug-likeness (QED) is 0.569. The molecular formula is C22H28N2O4S2. The van der Waals surface area contributed by atoms with Crippen molar-refractivity contribution in [1.82, 2.24) is 5.32 Å². The molecule has 8 heteroatoms. The normalized spacial score (nSPS) is 14.1. The molecule has 1 heterocycles. The highest BCUT2D eigenvalue weighted by molar-refractivity contribution is 7.93. The van der Waals surface area contributed by atoms with Crippen molar-refractivity contribution < 1.29 is 17.9 Å². The van der Waals surface area contributed by atoms with Gasteiger partial charge in [-0.2, -0.15) is 0 Å². The van der Waals surface area contributed by atoms with E-state index in [4.69, 9.17) is 4.74 Å². The summed E-state index contributed by atoms with van der Waals surface area (Å²) in [4.78, 5) is 12.9. The van der Waals surface area contributed by atoms with E-state index in [0.717, 1.165) is 30.6 Å². The number of allylic oxidation sites excluding steroid dienone is 1. The molecule has 0 unspecified atom stereocenters. The van der Waals surface area contributed by atoms with Crippen LogP contribution in [0.5, 0.6) is 5.75 Å². The predicted octanol–water partition coefficient (Wildman–Crippen LogP) is 4.59. The molecule has 0 bridgehead atoms. The lowest BCUT2D eigenvalue weighted by molar-refractivity contribution is 0.0955. The number of sulfonamides is 1. The Labute approximate surface area is 182 Å². The maximum atomic E-state index is 13.2. The zero-order chi connectivity index (χ0) is 21.6. The molecular weight excluding hydrogens is 420 g/mol. The Morgan fingerprint density at radius 2 is 1.97 bits per heavy atom. The van der Waals surface area contributed by atoms with Gasteiger partial charge in [0.1, 0.15) is 15.5 Å². The van der Waals surface area contributed by atoms with Crippen molar-refractivity contribution in [3.8, 4) is 5.75 Å². The average molecular weight is 449 g/mol. The van der Waals surface area contributed by atoms with Gasteiger partial charge in [0.15, 0.2) is 0 Å². The molecule has 162 valence electrons. The molecule has 30 heavy (non-hydrogen) atoms. The van der Waals surface area contributed by atoms with E-state index in [1.165, 1.54) is 35.8 Å². The monoisotopic (exact) mass is 448 g/mol. The van der Waals surface area contributed by atoms with Crippen molar-refractivity contribution in [2.45, 2.75) is 43.9 Å². The summed E-state index contributed by atoms with van der Waals surface area (Å²) in [6, 6.07) is 8.32. The van der Waals surface area contributed by atoms with Crippen molar-refractivity contribution in [3.63, 3.8) is 0 Å². The summed E-state index contributed by atoms with van der Waals surface area (Å²) < 4.78 is 32.9. The van der Waals surface area contributed by atoms with Crippen LogP contribution in [0.4, 0.5) is 5.69 Å². The molecule has 2 aromatic rings. The summed E-state index contributed by atoms with van der Waals surface area (Å²) in [7, 11) is -2.38. The van der Waals surface area contributed by atoms with Gasteiger partial charge in [0.2, 0.25) is 0 Å². The van der Waals surface area contributed by atoms with E-state index >= 15 is 0 Å². The van der Waals surface area contributed by atoms with Crippen LogP contribution in [-0.2, 0) is 10.0 Å². The summed E-state index contributed by atoms with van der Waals surface area (Å²) in [5.41, 5.74) is 1.87. The molecule has 3 rings (SSSR count). The molecule has 0 saturated carbocycles. The van der Waals surface area contributed by atoms with Crippen molar-refractivity contribution in [1.29, 1.82) is 0 Å². The number of anilines is 1. The van der Waals surface area contributed by atoms with Crippen molar-refractivity contribution in [2.75, 3.05) is 24.5 Å². The smallest absolute Gasteiger partial charge is 0.265 e. The molecule has 1 amide bonds. The molecule has 6 nitrogen and oxygen atoms in total. The zero-order valence-electron chi connectivity index (χ0n) is 17.4. The van der Waals surface area contributed by atoms with Gasteiger partial charge >= 0.3 is 0 Å². The molecule has 0 spiro atoms. The second-order valence-electron chi connectivity index (χ2n) is 7.13. The fraction of sp³-hybridized carbons (Fsp3) is 0.409. The van der Waals surface area contributed by atoms with Gasteiger partial charge in [-0.25, -0.2) is 8.42 Å². The zero-order valence-corrected chi connectivity index (χ0v) is 19.0. The Balaban J connectivity index is 1.70. The molecule has 0 saturated heterocycles. The topological polar surface area (TPSA) is 75.7 Å². The molecule has 0 radical (unpaired) electrons. The number of carbonyl (C=O) groups is 1. The first-order chi connectivity index (χ1) is 14.4. The highest BCUT2D eigenvalue weighted by atomic mass is 32.2. The number of carbonyl (C=O) groups excluding carboxylic acids is 1. The number of nitrogens with zero attached hydrogens (tertiary/aromatic N) is 1. The van der Waals surface area contributed by atoms with Crippen LogP contribution in [0.25, 0.3) is 0 Å². The van der Waals surface area contributed by atoms with Crippen LogP contribution in [0.15, 0.2) is 52.3 Å². The predicted molar refractivity (Wildman–Crippen MR) is 121 cm³/mol. The van der Waals surface area contributed by atoms with E-state index < -0.39 is 10.0 Å². The second-order valence-corrected chi connectivity index (χ2v) is 9.98. The first-order valence-electron chi connectivity index (χ1n) is 10.2. The van der Waals surface area contributed by atoms with Gasteiger partial charge in [-0.1, -0.05) is 11.6 Å². The van der Waals surface area contributed by atoms with Crippen LogP contribution in [0, 0.1) is 0 Å². The van der Waals surface area contributed by atoms with Gasteiger partial charge < -0.3 is 10.1 Å². The standard InChI is InChI=1S/C22H28N2O4S2/c1-3-28-19-11-9-18(10-12-19)24(2)30(26,27)20-14-16-29-21(20)22(25)23-15-13-17-7-5-4-6-8-17/h7,9-12,14,16H,3-6,8,13,15H2,1-2H3,(H,23,25). The molecule has 1 N–H and O–H groups in total. The van der Waals surface area contributed by atoms with Crippen LogP contribution in [0.1, 0.15) is 48.7 Å². The average Bonchev–Trinajstić information content (AvgIpc) is 3.26. The number of benzene rings is 1. The number of rotatable bonds is 9. The maximum Gasteiger partial charge on any atom is 0.265 e. The number of hydrogen-bond donors (Lipinski definition) is 1. The summed E-state index contributed by atoms with van der Waals surface area (Å²) in [5.74, 6) is 0.329. The molecule has 1 aromatic heterocycles. The Morgan fingerprint density at radius 1 is 1.20 bits per heavy atom. The SMILES string of the molecule is CCOc1ccc(N(C)S(=O)(=O)c2ccsc2C(=O)NCCC2=CCCCC2)cc1. The number of ether oxygens (including phenoxy) is 1. The summed E-state index contributed by atoms with van der Waals surface area (Å²) in [5, 5.41) is 4.51. The van der Waals surface area contributed by atoms with E-state index in [9.17, 15) is 13.2 Å². The Morgan fingerprint density at radius 3 is 2.63 bits per heavy atom. The minimum atomic E-state index is -3.86. The van der Waals surface area contributed by atoms with E-state index in [-0.39, 0.29) is 15.7 Å². The largest absolute Gasteiger partial charge is 0.494 e. The first kappa shape index (κ1) is 22.4. The first-order valence-corrected chi connectivity index (χ1v) is 12.5. The molecule has 1 aromatic carbocycles. The maximum absolute atomic E-state index is 13.2. The fourth-order valence-electron chi connectivity index (χ4n) is 3.42. The fourth-order valence-corrected chi connectivity index (χ4v) is 5.93. The van der Waals surface area contributed by atoms with E-state index in [1.807, 2.05) is 6.92 Å². The second kappa shape index (κ2) is 10.1. The molecule has 0 atom stereocenters. The van der Waals surface area contributed by atoms with Gasteiger partial charge in [0.05, 0.1) is 12.3 Å². The van der Waals surface area contributed by atoms with Crippen molar-refractivity contribution >= 4 is 33.0 Å². The third kappa shape index (κ3) is 5.23. The minimum Gasteiger partial charge on any atom is -0.494 e. The molecule has 0 fully saturated rings. The highest BCUT2D eigenvalue weighted by Crippen LogP contribution is 2.29. The Hall–Kier alpha value is -2.32. The van der Waals surface area contributed by atoms with E-state index in [0.29, 0.717) is 24.6 Å². The van der Waals surface area contributed by atoms with Crippen LogP contribution < -0.4 is 14.4 Å². The third-order valence-corrected chi connectivity index (χ3v) is 7.97. The molecule has 1 aliphatic rings. The van der Waals surface area contributed by atoms with Crippen molar-refractivity contribution in [2.24, 2.45) is 0 Å². The van der Waals surface area contributed by atoms with Crippen LogP contribution in [-0.4, -0.2) is 34.5 Å². The van der Waals surface area contributed by atoms with Gasteiger partial charge in [0.25, 0.3) is 15.9 Å². The lowest BCUT2D eigenvalue weighted by Crippen LogP contribution is -2.30. The number of nitrogens with one attached hydrogen (secondary N) is 1. The van der Waals surface area contributed by atoms with Crippen LogP contribution >= 0.6 is 11.3 Å². The summed E-state index contributed by atoms with van der Waals surface area (Å²) >= 11 is 1.14. The Bertz CT molecular complexity index is 994. The van der Waals surface area contributed by atoms with Crippen molar-refractivity contribution in [3.05, 3.63) is 52.2 Å². The van der Waals surface area contributed by atoms with Gasteiger partial charge in [0, 0.05) is 13.6 Å². The lowest BCUT2D eigenvalue weighted by atomic mass is 9.97.